The largest absolute Gasteiger partial charge is 0.360 e. The minimum absolute atomic E-state index is 0.00188. The van der Waals surface area contributed by atoms with Crippen LogP contribution in [0.15, 0.2) is 21.7 Å². The predicted molar refractivity (Wildman–Crippen MR) is 102 cm³/mol. The van der Waals surface area contributed by atoms with Crippen LogP contribution in [0.5, 0.6) is 0 Å². The molecular weight excluding hydrogens is 356 g/mol. The van der Waals surface area contributed by atoms with Crippen LogP contribution < -0.4 is 5.56 Å². The number of amides is 1. The highest BCUT2D eigenvalue weighted by atomic mass is 16.5. The molecular formula is C21H26N4O3. The van der Waals surface area contributed by atoms with E-state index in [0.717, 1.165) is 68.4 Å². The molecule has 5 rings (SSSR count). The van der Waals surface area contributed by atoms with Gasteiger partial charge in [-0.1, -0.05) is 5.16 Å². The molecule has 7 nitrogen and oxygen atoms in total. The minimum atomic E-state index is -0.00188. The number of carbonyl (C=O) groups is 1. The lowest BCUT2D eigenvalue weighted by atomic mass is 9.94. The van der Waals surface area contributed by atoms with Crippen LogP contribution in [0.1, 0.15) is 71.9 Å². The molecule has 3 aliphatic rings. The van der Waals surface area contributed by atoms with Gasteiger partial charge in [-0.15, -0.1) is 0 Å². The molecule has 28 heavy (non-hydrogen) atoms. The molecule has 148 valence electrons. The maximum atomic E-state index is 12.9. The molecule has 2 aliphatic carbocycles. The number of nitrogens with zero attached hydrogens (tertiary/aromatic N) is 4. The Bertz CT molecular complexity index is 935. The molecule has 0 atom stereocenters. The molecule has 0 unspecified atom stereocenters. The summed E-state index contributed by atoms with van der Waals surface area (Å²) in [6, 6.07) is 1.70. The van der Waals surface area contributed by atoms with E-state index in [2.05, 4.69) is 10.1 Å². The van der Waals surface area contributed by atoms with E-state index in [4.69, 9.17) is 4.52 Å². The second-order valence-electron chi connectivity index (χ2n) is 8.45. The molecule has 7 heteroatoms. The number of rotatable bonds is 4. The van der Waals surface area contributed by atoms with Crippen LogP contribution in [0.3, 0.4) is 0 Å². The van der Waals surface area contributed by atoms with Crippen molar-refractivity contribution in [3.05, 3.63) is 45.5 Å². The van der Waals surface area contributed by atoms with Gasteiger partial charge >= 0.3 is 0 Å². The maximum Gasteiger partial charge on any atom is 0.276 e. The van der Waals surface area contributed by atoms with Gasteiger partial charge in [0.25, 0.3) is 11.5 Å². The van der Waals surface area contributed by atoms with Gasteiger partial charge in [0.05, 0.1) is 12.0 Å². The summed E-state index contributed by atoms with van der Waals surface area (Å²) in [6.07, 6.45) is 9.77. The number of hydrogen-bond acceptors (Lipinski definition) is 5. The quantitative estimate of drug-likeness (QED) is 0.812. The molecule has 3 heterocycles. The van der Waals surface area contributed by atoms with Gasteiger partial charge in [-0.25, -0.2) is 4.98 Å². The van der Waals surface area contributed by atoms with Crippen LogP contribution in [0.4, 0.5) is 0 Å². The smallest absolute Gasteiger partial charge is 0.276 e. The topological polar surface area (TPSA) is 81.2 Å². The Morgan fingerprint density at radius 3 is 2.68 bits per heavy atom. The fourth-order valence-corrected chi connectivity index (χ4v) is 4.48. The first-order valence-corrected chi connectivity index (χ1v) is 10.5. The van der Waals surface area contributed by atoms with Gasteiger partial charge in [-0.05, 0) is 50.9 Å². The van der Waals surface area contributed by atoms with Crippen molar-refractivity contribution in [1.82, 2.24) is 19.6 Å². The first-order chi connectivity index (χ1) is 13.7. The van der Waals surface area contributed by atoms with Crippen molar-refractivity contribution >= 4 is 5.91 Å². The molecule has 0 N–H and O–H groups in total. The second kappa shape index (κ2) is 7.18. The Morgan fingerprint density at radius 1 is 1.14 bits per heavy atom. The van der Waals surface area contributed by atoms with Crippen molar-refractivity contribution in [2.24, 2.45) is 5.92 Å². The van der Waals surface area contributed by atoms with Crippen molar-refractivity contribution in [2.45, 2.75) is 63.8 Å². The SMILES string of the molecule is O=C(c1noc2c1CCCC2)N1CCC(Cn2cnc(C3CC3)cc2=O)CC1. The Labute approximate surface area is 163 Å². The number of aromatic nitrogens is 3. The standard InChI is InChI=1S/C21H26N4O3/c26-19-11-17(15-5-6-15)22-13-25(19)12-14-7-9-24(10-8-14)21(27)20-16-3-1-2-4-18(16)28-23-20/h11,13-15H,1-10,12H2. The zero-order chi connectivity index (χ0) is 19.1. The molecule has 2 aromatic rings. The monoisotopic (exact) mass is 382 g/mol. The number of hydrogen-bond donors (Lipinski definition) is 0. The van der Waals surface area contributed by atoms with Gasteiger partial charge in [0.2, 0.25) is 0 Å². The highest BCUT2D eigenvalue weighted by Crippen LogP contribution is 2.38. The Kier molecular flexibility index (Phi) is 4.53. The van der Waals surface area contributed by atoms with Gasteiger partial charge in [-0.3, -0.25) is 14.2 Å². The van der Waals surface area contributed by atoms with Crippen LogP contribution in [0.25, 0.3) is 0 Å². The fourth-order valence-electron chi connectivity index (χ4n) is 4.48. The van der Waals surface area contributed by atoms with Crippen molar-refractivity contribution in [1.29, 1.82) is 0 Å². The summed E-state index contributed by atoms with van der Waals surface area (Å²) in [5, 5.41) is 4.08. The van der Waals surface area contributed by atoms with E-state index in [9.17, 15) is 9.59 Å². The van der Waals surface area contributed by atoms with Crippen molar-refractivity contribution in [3.63, 3.8) is 0 Å². The summed E-state index contributed by atoms with van der Waals surface area (Å²) in [4.78, 5) is 31.6. The van der Waals surface area contributed by atoms with Crippen LogP contribution in [0, 0.1) is 5.92 Å². The average Bonchev–Trinajstić information content (AvgIpc) is 3.48. The van der Waals surface area contributed by atoms with E-state index in [1.54, 1.807) is 17.0 Å². The summed E-state index contributed by atoms with van der Waals surface area (Å²) in [5.74, 6) is 1.78. The molecule has 1 saturated heterocycles. The van der Waals surface area contributed by atoms with E-state index < -0.39 is 0 Å². The highest BCUT2D eigenvalue weighted by Gasteiger charge is 2.30. The zero-order valence-electron chi connectivity index (χ0n) is 16.1. The maximum absolute atomic E-state index is 12.9. The molecule has 1 amide bonds. The van der Waals surface area contributed by atoms with E-state index >= 15 is 0 Å². The predicted octanol–water partition coefficient (Wildman–Crippen LogP) is 2.54. The summed E-state index contributed by atoms with van der Waals surface area (Å²) in [5.41, 5.74) is 2.53. The van der Waals surface area contributed by atoms with Crippen molar-refractivity contribution < 1.29 is 9.32 Å². The fraction of sp³-hybridized carbons (Fsp3) is 0.619. The van der Waals surface area contributed by atoms with E-state index in [1.165, 1.54) is 0 Å². The molecule has 0 radical (unpaired) electrons. The summed E-state index contributed by atoms with van der Waals surface area (Å²) >= 11 is 0. The first-order valence-electron chi connectivity index (χ1n) is 10.5. The van der Waals surface area contributed by atoms with Crippen molar-refractivity contribution in [3.8, 4) is 0 Å². The number of carbonyl (C=O) groups excluding carboxylic acids is 1. The van der Waals surface area contributed by atoms with E-state index in [-0.39, 0.29) is 11.5 Å². The Morgan fingerprint density at radius 2 is 1.93 bits per heavy atom. The minimum Gasteiger partial charge on any atom is -0.360 e. The molecule has 1 aliphatic heterocycles. The van der Waals surface area contributed by atoms with Gasteiger partial charge in [0.1, 0.15) is 5.76 Å². The Balaban J connectivity index is 1.20. The Hall–Kier alpha value is -2.44. The average molecular weight is 382 g/mol. The molecule has 2 fully saturated rings. The van der Waals surface area contributed by atoms with E-state index in [0.29, 0.717) is 37.2 Å². The van der Waals surface area contributed by atoms with Gasteiger partial charge < -0.3 is 9.42 Å². The molecule has 0 aromatic carbocycles. The summed E-state index contributed by atoms with van der Waals surface area (Å²) in [6.45, 7) is 2.08. The van der Waals surface area contributed by atoms with Gasteiger partial charge in [0.15, 0.2) is 5.69 Å². The lowest BCUT2D eigenvalue weighted by molar-refractivity contribution is 0.0671. The van der Waals surface area contributed by atoms with E-state index in [1.807, 2.05) is 4.90 Å². The highest BCUT2D eigenvalue weighted by molar-refractivity contribution is 5.94. The van der Waals surface area contributed by atoms with Crippen LogP contribution >= 0.6 is 0 Å². The summed E-state index contributed by atoms with van der Waals surface area (Å²) in [7, 11) is 0. The third-order valence-electron chi connectivity index (χ3n) is 6.41. The lowest BCUT2D eigenvalue weighted by Gasteiger charge is -2.32. The molecule has 0 spiro atoms. The molecule has 0 bridgehead atoms. The van der Waals surface area contributed by atoms with Crippen LogP contribution in [-0.4, -0.2) is 38.6 Å². The first kappa shape index (κ1) is 17.6. The lowest BCUT2D eigenvalue weighted by Crippen LogP contribution is -2.40. The van der Waals surface area contributed by atoms with Crippen LogP contribution in [-0.2, 0) is 19.4 Å². The normalized spacial score (nSPS) is 20.2. The number of likely N-dealkylation sites (tertiary alicyclic amines) is 1. The molecule has 1 saturated carbocycles. The third-order valence-corrected chi connectivity index (χ3v) is 6.41. The number of piperidine rings is 1. The third kappa shape index (κ3) is 3.38. The van der Waals surface area contributed by atoms with Gasteiger partial charge in [0, 0.05) is 43.6 Å². The number of aryl methyl sites for hydroxylation is 1. The number of fused-ring (bicyclic) bond motifs is 1. The second-order valence-corrected chi connectivity index (χ2v) is 8.45. The van der Waals surface area contributed by atoms with Crippen LogP contribution in [0.2, 0.25) is 0 Å². The summed E-state index contributed by atoms with van der Waals surface area (Å²) < 4.78 is 7.12. The zero-order valence-corrected chi connectivity index (χ0v) is 16.1. The van der Waals surface area contributed by atoms with Gasteiger partial charge in [-0.2, -0.15) is 0 Å². The molecule has 2 aromatic heterocycles. The van der Waals surface area contributed by atoms with Crippen molar-refractivity contribution in [2.75, 3.05) is 13.1 Å².